The molecule has 1 aromatic rings. The number of carbonyl (C=O) groups excluding carboxylic acids is 1. The van der Waals surface area contributed by atoms with Crippen molar-refractivity contribution in [3.8, 4) is 0 Å². The zero-order valence-electron chi connectivity index (χ0n) is 9.66. The lowest BCUT2D eigenvalue weighted by Gasteiger charge is -2.13. The molecule has 0 aliphatic heterocycles. The first-order chi connectivity index (χ1) is 8.33. The van der Waals surface area contributed by atoms with Gasteiger partial charge in [-0.25, -0.2) is 0 Å². The molecule has 1 N–H and O–H groups in total. The van der Waals surface area contributed by atoms with Gasteiger partial charge in [-0.15, -0.1) is 0 Å². The summed E-state index contributed by atoms with van der Waals surface area (Å²) in [5, 5.41) is 3.04. The molecule has 2 nitrogen and oxygen atoms in total. The molecule has 0 radical (unpaired) electrons. The molecule has 3 heteroatoms. The Morgan fingerprint density at radius 3 is 3.06 bits per heavy atom. The fraction of sp³-hybridized carbons (Fsp3) is 0.500. The second-order valence-electron chi connectivity index (χ2n) is 4.93. The zero-order valence-corrected chi connectivity index (χ0v) is 11.8. The summed E-state index contributed by atoms with van der Waals surface area (Å²) in [6.45, 7) is 0.803. The third kappa shape index (κ3) is 1.98. The molecule has 3 unspecified atom stereocenters. The molecule has 0 spiro atoms. The van der Waals surface area contributed by atoms with Crippen LogP contribution in [-0.4, -0.2) is 16.9 Å². The van der Waals surface area contributed by atoms with Gasteiger partial charge in [0.15, 0.2) is 0 Å². The summed E-state index contributed by atoms with van der Waals surface area (Å²) in [6.07, 6.45) is 2.33. The number of fused-ring (bicyclic) bond motifs is 3. The number of aryl methyl sites for hydroxylation is 1. The number of hydrogen-bond donors (Lipinski definition) is 1. The number of alkyl halides is 1. The molecule has 0 aromatic heterocycles. The second kappa shape index (κ2) is 4.59. The number of halogens is 1. The largest absolute Gasteiger partial charge is 0.355 e. The van der Waals surface area contributed by atoms with Crippen molar-refractivity contribution < 1.29 is 4.79 Å². The van der Waals surface area contributed by atoms with E-state index < -0.39 is 0 Å². The zero-order chi connectivity index (χ0) is 11.8. The van der Waals surface area contributed by atoms with Gasteiger partial charge in [0, 0.05) is 16.9 Å². The fourth-order valence-electron chi connectivity index (χ4n) is 3.21. The van der Waals surface area contributed by atoms with Gasteiger partial charge in [-0.1, -0.05) is 46.9 Å². The Kier molecular flexibility index (Phi) is 3.11. The van der Waals surface area contributed by atoms with Crippen LogP contribution in [-0.2, 0) is 11.2 Å². The van der Waals surface area contributed by atoms with Crippen LogP contribution in [0, 0.1) is 11.8 Å². The van der Waals surface area contributed by atoms with Gasteiger partial charge in [-0.3, -0.25) is 4.79 Å². The molecule has 1 amide bonds. The van der Waals surface area contributed by atoms with Crippen molar-refractivity contribution in [2.45, 2.75) is 18.8 Å². The van der Waals surface area contributed by atoms with Gasteiger partial charge in [0.05, 0.1) is 0 Å². The van der Waals surface area contributed by atoms with Gasteiger partial charge in [-0.05, 0) is 35.8 Å². The van der Waals surface area contributed by atoms with Crippen molar-refractivity contribution in [3.63, 3.8) is 0 Å². The van der Waals surface area contributed by atoms with E-state index in [4.69, 9.17) is 0 Å². The highest BCUT2D eigenvalue weighted by Gasteiger charge is 2.56. The van der Waals surface area contributed by atoms with Crippen molar-refractivity contribution in [3.05, 3.63) is 35.4 Å². The van der Waals surface area contributed by atoms with E-state index in [1.807, 2.05) is 0 Å². The number of amides is 1. The predicted octanol–water partition coefficient (Wildman–Crippen LogP) is 2.51. The third-order valence-electron chi connectivity index (χ3n) is 4.03. The van der Waals surface area contributed by atoms with Crippen LogP contribution < -0.4 is 5.32 Å². The van der Waals surface area contributed by atoms with E-state index in [-0.39, 0.29) is 11.8 Å². The first-order valence-corrected chi connectivity index (χ1v) is 7.77. The molecule has 2 aliphatic rings. The molecule has 3 rings (SSSR count). The van der Waals surface area contributed by atoms with Gasteiger partial charge in [0.1, 0.15) is 0 Å². The van der Waals surface area contributed by atoms with E-state index in [0.29, 0.717) is 11.8 Å². The van der Waals surface area contributed by atoms with Crippen LogP contribution in [0.5, 0.6) is 0 Å². The van der Waals surface area contributed by atoms with Gasteiger partial charge >= 0.3 is 0 Å². The Bertz CT molecular complexity index is 446. The molecule has 17 heavy (non-hydrogen) atoms. The van der Waals surface area contributed by atoms with Gasteiger partial charge < -0.3 is 5.32 Å². The van der Waals surface area contributed by atoms with Gasteiger partial charge in [0.2, 0.25) is 5.91 Å². The Morgan fingerprint density at radius 2 is 2.24 bits per heavy atom. The molecule has 1 aromatic carbocycles. The highest BCUT2D eigenvalue weighted by Crippen LogP contribution is 2.59. The Hall–Kier alpha value is -0.580. The molecule has 90 valence electrons. The number of benzene rings is 1. The first kappa shape index (κ1) is 11.5. The molecule has 2 aliphatic carbocycles. The summed E-state index contributed by atoms with van der Waals surface area (Å²) >= 11 is 2.29. The molecular weight excluding hydrogens is 325 g/mol. The van der Waals surface area contributed by atoms with E-state index in [1.165, 1.54) is 17.5 Å². The average molecular weight is 341 g/mol. The minimum atomic E-state index is 0.251. The lowest BCUT2D eigenvalue weighted by atomic mass is 9.92. The fourth-order valence-corrected chi connectivity index (χ4v) is 3.48. The van der Waals surface area contributed by atoms with Crippen molar-refractivity contribution in [2.75, 3.05) is 11.0 Å². The Morgan fingerprint density at radius 1 is 1.41 bits per heavy atom. The van der Waals surface area contributed by atoms with Crippen molar-refractivity contribution in [1.29, 1.82) is 0 Å². The van der Waals surface area contributed by atoms with Crippen LogP contribution in [0.25, 0.3) is 0 Å². The van der Waals surface area contributed by atoms with E-state index in [9.17, 15) is 4.79 Å². The maximum atomic E-state index is 12.0. The standard InChI is InChI=1S/C14H16INO/c15-7-8-16-14(17)13-11-6-5-9-3-1-2-4-10(9)12(11)13/h1-4,11-13H,5-8H2,(H,16,17). The quantitative estimate of drug-likeness (QED) is 0.664. The normalized spacial score (nSPS) is 29.1. The maximum Gasteiger partial charge on any atom is 0.224 e. The van der Waals surface area contributed by atoms with Crippen LogP contribution in [0.3, 0.4) is 0 Å². The van der Waals surface area contributed by atoms with E-state index in [0.717, 1.165) is 17.4 Å². The highest BCUT2D eigenvalue weighted by atomic mass is 127. The van der Waals surface area contributed by atoms with Gasteiger partial charge in [-0.2, -0.15) is 0 Å². The molecule has 3 atom stereocenters. The number of carbonyl (C=O) groups is 1. The minimum Gasteiger partial charge on any atom is -0.355 e. The Labute approximate surface area is 115 Å². The van der Waals surface area contributed by atoms with Gasteiger partial charge in [0.25, 0.3) is 0 Å². The third-order valence-corrected chi connectivity index (χ3v) is 4.57. The summed E-state index contributed by atoms with van der Waals surface area (Å²) in [5.74, 6) is 1.64. The van der Waals surface area contributed by atoms with Crippen LogP contribution in [0.2, 0.25) is 0 Å². The van der Waals surface area contributed by atoms with Crippen LogP contribution in [0.15, 0.2) is 24.3 Å². The summed E-state index contributed by atoms with van der Waals surface area (Å²) in [5.41, 5.74) is 2.89. The second-order valence-corrected chi connectivity index (χ2v) is 6.01. The van der Waals surface area contributed by atoms with E-state index in [2.05, 4.69) is 52.2 Å². The number of nitrogens with one attached hydrogen (secondary N) is 1. The lowest BCUT2D eigenvalue weighted by Crippen LogP contribution is -2.27. The molecule has 1 fully saturated rings. The summed E-state index contributed by atoms with van der Waals surface area (Å²) in [6, 6.07) is 8.62. The highest BCUT2D eigenvalue weighted by molar-refractivity contribution is 14.1. The van der Waals surface area contributed by atoms with Crippen molar-refractivity contribution in [2.24, 2.45) is 11.8 Å². The first-order valence-electron chi connectivity index (χ1n) is 6.24. The molecular formula is C14H16INO. The minimum absolute atomic E-state index is 0.251. The molecule has 0 saturated heterocycles. The molecule has 0 heterocycles. The lowest BCUT2D eigenvalue weighted by molar-refractivity contribution is -0.122. The van der Waals surface area contributed by atoms with Crippen molar-refractivity contribution in [1.82, 2.24) is 5.32 Å². The van der Waals surface area contributed by atoms with Crippen molar-refractivity contribution >= 4 is 28.5 Å². The Balaban J connectivity index is 1.76. The molecule has 1 saturated carbocycles. The maximum absolute atomic E-state index is 12.0. The topological polar surface area (TPSA) is 29.1 Å². The molecule has 0 bridgehead atoms. The van der Waals surface area contributed by atoms with Crippen LogP contribution >= 0.6 is 22.6 Å². The van der Waals surface area contributed by atoms with E-state index in [1.54, 1.807) is 0 Å². The number of rotatable bonds is 3. The summed E-state index contributed by atoms with van der Waals surface area (Å²) in [4.78, 5) is 12.0. The SMILES string of the molecule is O=C(NCCI)C1C2CCc3ccccc3C21. The summed E-state index contributed by atoms with van der Waals surface area (Å²) < 4.78 is 0.988. The van der Waals surface area contributed by atoms with Crippen LogP contribution in [0.1, 0.15) is 23.5 Å². The van der Waals surface area contributed by atoms with E-state index >= 15 is 0 Å². The average Bonchev–Trinajstić information content (AvgIpc) is 3.11. The summed E-state index contributed by atoms with van der Waals surface area (Å²) in [7, 11) is 0. The predicted molar refractivity (Wildman–Crippen MR) is 76.4 cm³/mol. The number of hydrogen-bond acceptors (Lipinski definition) is 1. The smallest absolute Gasteiger partial charge is 0.224 e. The van der Waals surface area contributed by atoms with Crippen LogP contribution in [0.4, 0.5) is 0 Å². The monoisotopic (exact) mass is 341 g/mol.